The van der Waals surface area contributed by atoms with E-state index in [0.717, 1.165) is 38.9 Å². The van der Waals surface area contributed by atoms with E-state index in [0.29, 0.717) is 42.4 Å². The normalized spacial score (nSPS) is 15.7. The van der Waals surface area contributed by atoms with Gasteiger partial charge < -0.3 is 25.0 Å². The Labute approximate surface area is 202 Å². The summed E-state index contributed by atoms with van der Waals surface area (Å²) in [6.45, 7) is 7.69. The molecule has 2 N–H and O–H groups in total. The third-order valence-corrected chi connectivity index (χ3v) is 4.95. The lowest BCUT2D eigenvalue weighted by Gasteiger charge is -2.34. The summed E-state index contributed by atoms with van der Waals surface area (Å²) >= 11 is 0. The zero-order valence-corrected chi connectivity index (χ0v) is 21.3. The summed E-state index contributed by atoms with van der Waals surface area (Å²) in [5.41, 5.74) is 0.619. The average molecular weight is 554 g/mol. The van der Waals surface area contributed by atoms with Crippen LogP contribution in [-0.2, 0) is 6.54 Å². The summed E-state index contributed by atoms with van der Waals surface area (Å²) in [4.78, 5) is 6.78. The van der Waals surface area contributed by atoms with Gasteiger partial charge in [-0.05, 0) is 37.3 Å². The lowest BCUT2D eigenvalue weighted by Crippen LogP contribution is -2.49. The maximum Gasteiger partial charge on any atom is 0.387 e. The summed E-state index contributed by atoms with van der Waals surface area (Å²) < 4.78 is 35.9. The number of likely N-dealkylation sites (tertiary alicyclic amines) is 1. The Balaban J connectivity index is 0.00000480. The van der Waals surface area contributed by atoms with Crippen molar-refractivity contribution in [3.05, 3.63) is 23.8 Å². The van der Waals surface area contributed by atoms with E-state index in [4.69, 9.17) is 9.47 Å². The first-order chi connectivity index (χ1) is 14.4. The second-order valence-corrected chi connectivity index (χ2v) is 8.04. The summed E-state index contributed by atoms with van der Waals surface area (Å²) in [6.07, 6.45) is 2.94. The first-order valence-corrected chi connectivity index (χ1v) is 10.8. The number of aliphatic imine (C=N–C) groups is 1. The lowest BCUT2D eigenvalue weighted by atomic mass is 10.0. The highest BCUT2D eigenvalue weighted by molar-refractivity contribution is 14.0. The summed E-state index contributed by atoms with van der Waals surface area (Å²) in [5, 5.41) is 6.66. The van der Waals surface area contributed by atoms with Crippen molar-refractivity contribution in [3.8, 4) is 11.5 Å². The Morgan fingerprint density at radius 3 is 2.55 bits per heavy atom. The molecule has 1 saturated heterocycles. The van der Waals surface area contributed by atoms with Crippen LogP contribution in [0.5, 0.6) is 11.5 Å². The molecule has 178 valence electrons. The van der Waals surface area contributed by atoms with E-state index in [2.05, 4.69) is 34.4 Å². The van der Waals surface area contributed by atoms with Crippen molar-refractivity contribution in [2.24, 2.45) is 10.9 Å². The van der Waals surface area contributed by atoms with Crippen LogP contribution >= 0.6 is 24.0 Å². The molecule has 1 fully saturated rings. The van der Waals surface area contributed by atoms with Crippen molar-refractivity contribution in [1.29, 1.82) is 0 Å². The molecule has 9 heteroatoms. The van der Waals surface area contributed by atoms with Gasteiger partial charge in [0.2, 0.25) is 0 Å². The molecule has 31 heavy (non-hydrogen) atoms. The standard InChI is InChI=1S/C22H36F2N4O2.HI/c1-5-12-29-19-7-6-17(20(13-19)30-21(23)24)14-26-22(25-4)27-18-8-10-28(11-9-18)15-16(2)3;/h6-7,13,16,18,21H,5,8-12,14-15H2,1-4H3,(H2,25,26,27);1H. The molecule has 0 unspecified atom stereocenters. The molecular weight excluding hydrogens is 517 g/mol. The quantitative estimate of drug-likeness (QED) is 0.254. The van der Waals surface area contributed by atoms with Crippen LogP contribution in [0, 0.1) is 5.92 Å². The number of rotatable bonds is 10. The second kappa shape index (κ2) is 14.7. The van der Waals surface area contributed by atoms with E-state index in [1.807, 2.05) is 6.92 Å². The van der Waals surface area contributed by atoms with Crippen LogP contribution in [0.25, 0.3) is 0 Å². The molecule has 0 bridgehead atoms. The highest BCUT2D eigenvalue weighted by Crippen LogP contribution is 2.26. The minimum absolute atomic E-state index is 0. The highest BCUT2D eigenvalue weighted by atomic mass is 127. The molecule has 6 nitrogen and oxygen atoms in total. The third kappa shape index (κ3) is 10.2. The maximum atomic E-state index is 12.8. The van der Waals surface area contributed by atoms with Gasteiger partial charge >= 0.3 is 6.61 Å². The van der Waals surface area contributed by atoms with Crippen molar-refractivity contribution in [2.75, 3.05) is 33.3 Å². The Morgan fingerprint density at radius 2 is 1.97 bits per heavy atom. The molecule has 1 aromatic rings. The smallest absolute Gasteiger partial charge is 0.387 e. The average Bonchev–Trinajstić information content (AvgIpc) is 2.71. The minimum Gasteiger partial charge on any atom is -0.493 e. The molecule has 1 aliphatic heterocycles. The van der Waals surface area contributed by atoms with Crippen LogP contribution in [0.2, 0.25) is 0 Å². The van der Waals surface area contributed by atoms with Gasteiger partial charge in [0, 0.05) is 50.9 Å². The molecule has 0 aromatic heterocycles. The first kappa shape index (κ1) is 27.7. The zero-order valence-electron chi connectivity index (χ0n) is 19.0. The number of halogens is 3. The molecule has 0 atom stereocenters. The fourth-order valence-corrected chi connectivity index (χ4v) is 3.54. The largest absolute Gasteiger partial charge is 0.493 e. The Kier molecular flexibility index (Phi) is 13.1. The predicted molar refractivity (Wildman–Crippen MR) is 132 cm³/mol. The molecule has 0 spiro atoms. The Hall–Kier alpha value is -1.36. The van der Waals surface area contributed by atoms with Gasteiger partial charge in [-0.15, -0.1) is 24.0 Å². The number of ether oxygens (including phenoxy) is 2. The van der Waals surface area contributed by atoms with Gasteiger partial charge in [0.25, 0.3) is 0 Å². The zero-order chi connectivity index (χ0) is 21.9. The fraction of sp³-hybridized carbons (Fsp3) is 0.682. The summed E-state index contributed by atoms with van der Waals surface area (Å²) in [5.74, 6) is 1.97. The second-order valence-electron chi connectivity index (χ2n) is 8.04. The number of guanidine groups is 1. The van der Waals surface area contributed by atoms with Crippen molar-refractivity contribution in [2.45, 2.75) is 59.2 Å². The number of nitrogens with zero attached hydrogens (tertiary/aromatic N) is 2. The van der Waals surface area contributed by atoms with Crippen LogP contribution in [-0.4, -0.2) is 56.8 Å². The first-order valence-electron chi connectivity index (χ1n) is 10.8. The van der Waals surface area contributed by atoms with E-state index in [1.54, 1.807) is 19.2 Å². The van der Waals surface area contributed by atoms with Crippen molar-refractivity contribution < 1.29 is 18.3 Å². The number of alkyl halides is 2. The van der Waals surface area contributed by atoms with Gasteiger partial charge in [0.1, 0.15) is 11.5 Å². The molecule has 0 radical (unpaired) electrons. The van der Waals surface area contributed by atoms with E-state index in [1.165, 1.54) is 6.07 Å². The number of hydrogen-bond donors (Lipinski definition) is 2. The van der Waals surface area contributed by atoms with E-state index < -0.39 is 6.61 Å². The number of hydrogen-bond acceptors (Lipinski definition) is 4. The molecule has 1 aromatic carbocycles. The van der Waals surface area contributed by atoms with Gasteiger partial charge in [-0.1, -0.05) is 20.8 Å². The number of nitrogens with one attached hydrogen (secondary N) is 2. The summed E-state index contributed by atoms with van der Waals surface area (Å²) in [7, 11) is 1.71. The lowest BCUT2D eigenvalue weighted by molar-refractivity contribution is -0.0505. The van der Waals surface area contributed by atoms with E-state index in [-0.39, 0.29) is 29.7 Å². The van der Waals surface area contributed by atoms with Gasteiger partial charge in [-0.2, -0.15) is 8.78 Å². The van der Waals surface area contributed by atoms with E-state index >= 15 is 0 Å². The molecule has 2 rings (SSSR count). The van der Waals surface area contributed by atoms with Crippen LogP contribution < -0.4 is 20.1 Å². The number of benzene rings is 1. The predicted octanol–water partition coefficient (Wildman–Crippen LogP) is 4.48. The van der Waals surface area contributed by atoms with Gasteiger partial charge in [-0.25, -0.2) is 0 Å². The Bertz CT molecular complexity index is 669. The fourth-order valence-electron chi connectivity index (χ4n) is 3.54. The van der Waals surface area contributed by atoms with Crippen LogP contribution in [0.15, 0.2) is 23.2 Å². The molecule has 0 saturated carbocycles. The van der Waals surface area contributed by atoms with Crippen molar-refractivity contribution >= 4 is 29.9 Å². The van der Waals surface area contributed by atoms with Gasteiger partial charge in [-0.3, -0.25) is 4.99 Å². The van der Waals surface area contributed by atoms with Crippen LogP contribution in [0.4, 0.5) is 8.78 Å². The van der Waals surface area contributed by atoms with Gasteiger partial charge in [0.15, 0.2) is 5.96 Å². The maximum absolute atomic E-state index is 12.8. The number of piperidine rings is 1. The SMILES string of the molecule is CCCOc1ccc(CNC(=NC)NC2CCN(CC(C)C)CC2)c(OC(F)F)c1.I. The molecule has 0 aliphatic carbocycles. The van der Waals surface area contributed by atoms with Crippen molar-refractivity contribution in [3.63, 3.8) is 0 Å². The highest BCUT2D eigenvalue weighted by Gasteiger charge is 2.20. The summed E-state index contributed by atoms with van der Waals surface area (Å²) in [6, 6.07) is 5.37. The molecule has 0 amide bonds. The van der Waals surface area contributed by atoms with Crippen LogP contribution in [0.1, 0.15) is 45.6 Å². The topological polar surface area (TPSA) is 58.1 Å². The minimum atomic E-state index is -2.89. The van der Waals surface area contributed by atoms with Crippen molar-refractivity contribution in [1.82, 2.24) is 15.5 Å². The van der Waals surface area contributed by atoms with Crippen LogP contribution in [0.3, 0.4) is 0 Å². The van der Waals surface area contributed by atoms with E-state index in [9.17, 15) is 8.78 Å². The molecule has 1 aliphatic rings. The third-order valence-electron chi connectivity index (χ3n) is 4.95. The monoisotopic (exact) mass is 554 g/mol. The molecule has 1 heterocycles. The van der Waals surface area contributed by atoms with Gasteiger partial charge in [0.05, 0.1) is 6.61 Å². The Morgan fingerprint density at radius 1 is 1.26 bits per heavy atom. The molecular formula is C22H37F2IN4O2.